The Hall–Kier alpha value is -4.76. The van der Waals surface area contributed by atoms with Crippen molar-refractivity contribution in [2.45, 2.75) is 94.7 Å². The lowest BCUT2D eigenvalue weighted by Crippen LogP contribution is -2.46. The molecule has 12 nitrogen and oxygen atoms in total. The summed E-state index contributed by atoms with van der Waals surface area (Å²) in [6.45, 7) is 2.56. The van der Waals surface area contributed by atoms with Gasteiger partial charge in [0, 0.05) is 23.7 Å². The van der Waals surface area contributed by atoms with Gasteiger partial charge in [-0.2, -0.15) is 15.0 Å². The summed E-state index contributed by atoms with van der Waals surface area (Å²) in [6.07, 6.45) is 7.64. The third kappa shape index (κ3) is 6.07. The molecule has 5 N–H and O–H groups in total. The summed E-state index contributed by atoms with van der Waals surface area (Å²) in [5, 5.41) is 12.9. The molecule has 1 saturated carbocycles. The first-order chi connectivity index (χ1) is 22.6. The zero-order valence-electron chi connectivity index (χ0n) is 26.7. The minimum atomic E-state index is -1.09. The van der Waals surface area contributed by atoms with Crippen LogP contribution in [0.25, 0.3) is 0 Å². The summed E-state index contributed by atoms with van der Waals surface area (Å²) in [7, 11) is 0. The van der Waals surface area contributed by atoms with E-state index in [1.807, 2.05) is 19.1 Å². The van der Waals surface area contributed by atoms with Crippen molar-refractivity contribution in [1.29, 1.82) is 5.26 Å². The van der Waals surface area contributed by atoms with Crippen LogP contribution < -0.4 is 22.5 Å². The van der Waals surface area contributed by atoms with E-state index in [0.717, 1.165) is 60.8 Å². The molecule has 0 spiro atoms. The van der Waals surface area contributed by atoms with Crippen LogP contribution in [0.1, 0.15) is 113 Å². The highest BCUT2D eigenvalue weighted by Crippen LogP contribution is 2.48. The Morgan fingerprint density at radius 3 is 2.19 bits per heavy atom. The smallest absolute Gasteiger partial charge is 0.366 e. The second-order valence-corrected chi connectivity index (χ2v) is 13.1. The number of likely N-dealkylation sites (tertiary alicyclic amines) is 1. The van der Waals surface area contributed by atoms with Crippen molar-refractivity contribution in [2.75, 3.05) is 13.1 Å². The molecule has 246 valence electrons. The number of carbonyl (C=O) groups excluding carboxylic acids is 3. The van der Waals surface area contributed by atoms with Gasteiger partial charge in [0.25, 0.3) is 0 Å². The number of aryl methyl sites for hydroxylation is 2. The van der Waals surface area contributed by atoms with Gasteiger partial charge in [0.2, 0.25) is 17.7 Å². The Morgan fingerprint density at radius 1 is 1.00 bits per heavy atom. The average Bonchev–Trinajstić information content (AvgIpc) is 3.69. The number of nitrogens with two attached hydrogens (primary N) is 2. The lowest BCUT2D eigenvalue weighted by Gasteiger charge is -2.39. The van der Waals surface area contributed by atoms with Crippen LogP contribution in [0.2, 0.25) is 0 Å². The molecule has 12 heteroatoms. The van der Waals surface area contributed by atoms with Gasteiger partial charge in [-0.15, -0.1) is 0 Å². The number of nitriles is 1. The minimum Gasteiger partial charge on any atom is -0.366 e. The molecule has 1 saturated heterocycles. The Kier molecular flexibility index (Phi) is 9.01. The molecule has 2 aromatic carbocycles. The maximum absolute atomic E-state index is 13.2. The van der Waals surface area contributed by atoms with Gasteiger partial charge in [-0.3, -0.25) is 14.4 Å². The molecule has 1 aliphatic heterocycles. The highest BCUT2D eigenvalue weighted by atomic mass is 16.5. The van der Waals surface area contributed by atoms with Gasteiger partial charge in [0.1, 0.15) is 6.04 Å². The van der Waals surface area contributed by atoms with Crippen molar-refractivity contribution in [3.63, 3.8) is 0 Å². The third-order valence-electron chi connectivity index (χ3n) is 10.2. The number of nitrogens with one attached hydrogen (secondary N) is 1. The number of nitrogens with zero attached hydrogens (tertiary/aromatic N) is 4. The largest absolute Gasteiger partial charge is 0.459 e. The summed E-state index contributed by atoms with van der Waals surface area (Å²) < 4.78 is 7.59. The van der Waals surface area contributed by atoms with E-state index >= 15 is 0 Å². The van der Waals surface area contributed by atoms with Crippen molar-refractivity contribution in [1.82, 2.24) is 19.9 Å². The zero-order chi connectivity index (χ0) is 33.3. The van der Waals surface area contributed by atoms with Gasteiger partial charge in [0.15, 0.2) is 5.82 Å². The van der Waals surface area contributed by atoms with E-state index in [1.165, 1.54) is 0 Å². The second-order valence-electron chi connectivity index (χ2n) is 13.1. The van der Waals surface area contributed by atoms with Gasteiger partial charge < -0.3 is 26.2 Å². The molecule has 1 aromatic heterocycles. The molecule has 2 aliphatic carbocycles. The van der Waals surface area contributed by atoms with Crippen molar-refractivity contribution in [2.24, 2.45) is 11.5 Å². The first kappa shape index (κ1) is 32.2. The Morgan fingerprint density at radius 2 is 1.62 bits per heavy atom. The number of carbonyl (C=O) groups is 3. The molecule has 0 bridgehead atoms. The van der Waals surface area contributed by atoms with Crippen LogP contribution in [-0.2, 0) is 23.1 Å². The molecule has 3 aromatic rings. The van der Waals surface area contributed by atoms with Gasteiger partial charge in [-0.05, 0) is 98.4 Å². The Balaban J connectivity index is 1.53. The topological polar surface area (TPSA) is 190 Å². The van der Waals surface area contributed by atoms with E-state index in [2.05, 4.69) is 16.4 Å². The number of amides is 3. The summed E-state index contributed by atoms with van der Waals surface area (Å²) in [5.74, 6) is -1.51. The highest BCUT2D eigenvalue weighted by molar-refractivity contribution is 5.94. The van der Waals surface area contributed by atoms with Crippen molar-refractivity contribution in [3.05, 3.63) is 86.2 Å². The number of primary amides is 2. The monoisotopic (exact) mass is 639 g/mol. The fourth-order valence-electron chi connectivity index (χ4n) is 7.93. The van der Waals surface area contributed by atoms with Crippen LogP contribution >= 0.6 is 0 Å². The fourth-order valence-corrected chi connectivity index (χ4v) is 7.93. The van der Waals surface area contributed by atoms with Crippen LogP contribution in [-0.4, -0.2) is 57.5 Å². The molecular weight excluding hydrogens is 598 g/mol. The lowest BCUT2D eigenvalue weighted by molar-refractivity contribution is -0.130. The average molecular weight is 640 g/mol. The van der Waals surface area contributed by atoms with Crippen LogP contribution in [0.5, 0.6) is 0 Å². The number of rotatable bonds is 9. The molecule has 6 rings (SSSR count). The first-order valence-electron chi connectivity index (χ1n) is 16.5. The van der Waals surface area contributed by atoms with E-state index in [1.54, 1.807) is 33.9 Å². The van der Waals surface area contributed by atoms with Crippen LogP contribution in [0.3, 0.4) is 0 Å². The summed E-state index contributed by atoms with van der Waals surface area (Å²) in [6, 6.07) is 12.2. The SMILES string of the molecule is C[C@H](CC1(c2nc(=O)on2C2CCCCC2)c2ccc(C(N)=O)cc2CCc2cc(C(N)=O)ccc21)NCC(=O)N1CCC[C@H]1C#N. The van der Waals surface area contributed by atoms with E-state index in [9.17, 15) is 24.4 Å². The van der Waals surface area contributed by atoms with E-state index in [4.69, 9.17) is 16.0 Å². The molecule has 2 fully saturated rings. The van der Waals surface area contributed by atoms with E-state index in [-0.39, 0.29) is 24.5 Å². The second kappa shape index (κ2) is 13.2. The summed E-state index contributed by atoms with van der Waals surface area (Å²) in [4.78, 5) is 57.2. The minimum absolute atomic E-state index is 0.0324. The number of aromatic nitrogens is 2. The van der Waals surface area contributed by atoms with Gasteiger partial charge in [-0.1, -0.05) is 31.4 Å². The maximum Gasteiger partial charge on any atom is 0.459 e. The standard InChI is InChI=1S/C35H41N7O5/c1-21(39-20-30(43)41-15-5-8-27(41)19-36)18-35(33-40-34(46)47-42(33)26-6-3-2-4-7-26)28-13-11-24(31(37)44)16-22(28)9-10-23-17-25(32(38)45)12-14-29(23)35/h11-14,16-17,21,26-27,39H,2-10,15,18,20H2,1H3,(H2,37,44)(H2,38,45)/t21-,27+/m1/s1. The molecule has 3 amide bonds. The van der Waals surface area contributed by atoms with Gasteiger partial charge in [0.05, 0.1) is 24.1 Å². The number of fused-ring (bicyclic) bond motifs is 2. The number of benzene rings is 2. The van der Waals surface area contributed by atoms with Crippen molar-refractivity contribution < 1.29 is 18.9 Å². The quantitative estimate of drug-likeness (QED) is 0.318. The predicted octanol–water partition coefficient (Wildman–Crippen LogP) is 2.86. The normalized spacial score (nSPS) is 19.7. The van der Waals surface area contributed by atoms with Crippen molar-refractivity contribution in [3.8, 4) is 6.07 Å². The summed E-state index contributed by atoms with van der Waals surface area (Å²) >= 11 is 0. The molecule has 0 unspecified atom stereocenters. The molecular formula is C35H41N7O5. The van der Waals surface area contributed by atoms with E-state index in [0.29, 0.717) is 49.2 Å². The Bertz CT molecular complexity index is 1730. The lowest BCUT2D eigenvalue weighted by atomic mass is 9.67. The van der Waals surface area contributed by atoms with Crippen LogP contribution in [0.15, 0.2) is 45.7 Å². The predicted molar refractivity (Wildman–Crippen MR) is 173 cm³/mol. The van der Waals surface area contributed by atoms with Gasteiger partial charge >= 0.3 is 5.76 Å². The van der Waals surface area contributed by atoms with Crippen molar-refractivity contribution >= 4 is 17.7 Å². The highest BCUT2D eigenvalue weighted by Gasteiger charge is 2.47. The molecule has 0 radical (unpaired) electrons. The molecule has 47 heavy (non-hydrogen) atoms. The molecule has 2 heterocycles. The fraction of sp³-hybridized carbons (Fsp3) is 0.486. The molecule has 3 aliphatic rings. The number of hydrogen-bond donors (Lipinski definition) is 3. The Labute approximate surface area is 273 Å². The van der Waals surface area contributed by atoms with Crippen LogP contribution in [0, 0.1) is 11.3 Å². The summed E-state index contributed by atoms with van der Waals surface area (Å²) in [5.41, 5.74) is 14.5. The third-order valence-corrected chi connectivity index (χ3v) is 10.2. The molecule has 2 atom stereocenters. The zero-order valence-corrected chi connectivity index (χ0v) is 26.7. The number of hydrogen-bond acceptors (Lipinski definition) is 8. The van der Waals surface area contributed by atoms with Gasteiger partial charge in [-0.25, -0.2) is 4.79 Å². The maximum atomic E-state index is 13.2. The van der Waals surface area contributed by atoms with Crippen LogP contribution in [0.4, 0.5) is 0 Å². The van der Waals surface area contributed by atoms with E-state index < -0.39 is 29.0 Å². The first-order valence-corrected chi connectivity index (χ1v) is 16.5.